The Labute approximate surface area is 89.0 Å². The lowest BCUT2D eigenvalue weighted by Gasteiger charge is -1.98. The first-order chi connectivity index (χ1) is 6.33. The Morgan fingerprint density at radius 3 is 2.69 bits per heavy atom. The van der Waals surface area contributed by atoms with Crippen molar-refractivity contribution in [2.75, 3.05) is 0 Å². The molecule has 0 atom stereocenters. The van der Waals surface area contributed by atoms with Crippen molar-refractivity contribution in [2.45, 2.75) is 24.7 Å². The summed E-state index contributed by atoms with van der Waals surface area (Å²) in [4.78, 5) is 1.19. The Kier molecular flexibility index (Phi) is 5.02. The zero-order valence-corrected chi connectivity index (χ0v) is 9.24. The van der Waals surface area contributed by atoms with Crippen molar-refractivity contribution >= 4 is 23.4 Å². The molecule has 0 bridgehead atoms. The smallest absolute Gasteiger partial charge is 0.0742 e. The molecule has 0 fully saturated rings. The van der Waals surface area contributed by atoms with Crippen LogP contribution in [0, 0.1) is 0 Å². The minimum absolute atomic E-state index is 0.869. The Morgan fingerprint density at radius 1 is 1.38 bits per heavy atom. The zero-order chi connectivity index (χ0) is 9.52. The molecule has 70 valence electrons. The number of thioether (sulfide) groups is 1. The van der Waals surface area contributed by atoms with E-state index in [-0.39, 0.29) is 0 Å². The Hall–Kier alpha value is -0.400. The highest BCUT2D eigenvalue weighted by Gasteiger charge is 1.94. The van der Waals surface area contributed by atoms with Gasteiger partial charge in [0.05, 0.1) is 4.36 Å². The van der Waals surface area contributed by atoms with Gasteiger partial charge < -0.3 is 0 Å². The molecular formula is C11H13ClS. The fraction of sp³-hybridized carbons (Fsp3) is 0.273. The van der Waals surface area contributed by atoms with Crippen LogP contribution < -0.4 is 0 Å². The van der Waals surface area contributed by atoms with Crippen LogP contribution in [0.25, 0.3) is 0 Å². The van der Waals surface area contributed by atoms with Crippen molar-refractivity contribution in [3.8, 4) is 0 Å². The lowest BCUT2D eigenvalue weighted by atomic mass is 10.3. The summed E-state index contributed by atoms with van der Waals surface area (Å²) in [5.41, 5.74) is 0. The summed E-state index contributed by atoms with van der Waals surface area (Å²) >= 11 is 7.63. The second-order valence-corrected chi connectivity index (χ2v) is 4.46. The molecule has 0 aliphatic carbocycles. The van der Waals surface area contributed by atoms with Gasteiger partial charge in [0.1, 0.15) is 0 Å². The maximum atomic E-state index is 6.02. The molecule has 0 aliphatic heterocycles. The van der Waals surface area contributed by atoms with Crippen molar-refractivity contribution in [3.63, 3.8) is 0 Å². The molecule has 0 heterocycles. The molecular weight excluding hydrogens is 200 g/mol. The van der Waals surface area contributed by atoms with Gasteiger partial charge in [0, 0.05) is 4.90 Å². The summed E-state index contributed by atoms with van der Waals surface area (Å²) in [5.74, 6) is 0. The predicted octanol–water partition coefficient (Wildman–Crippen LogP) is 4.66. The monoisotopic (exact) mass is 212 g/mol. The van der Waals surface area contributed by atoms with Crippen molar-refractivity contribution in [1.29, 1.82) is 0 Å². The van der Waals surface area contributed by atoms with E-state index in [1.165, 1.54) is 4.90 Å². The van der Waals surface area contributed by atoms with E-state index in [9.17, 15) is 0 Å². The summed E-state index contributed by atoms with van der Waals surface area (Å²) in [6, 6.07) is 10.2. The number of hydrogen-bond acceptors (Lipinski definition) is 1. The molecule has 0 nitrogen and oxygen atoms in total. The van der Waals surface area contributed by atoms with E-state index in [0.29, 0.717) is 0 Å². The van der Waals surface area contributed by atoms with Crippen LogP contribution in [0.3, 0.4) is 0 Å². The van der Waals surface area contributed by atoms with Gasteiger partial charge in [-0.15, -0.1) is 0 Å². The number of unbranched alkanes of at least 4 members (excludes halogenated alkanes) is 1. The fourth-order valence-electron chi connectivity index (χ4n) is 0.901. The molecule has 1 rings (SSSR count). The quantitative estimate of drug-likeness (QED) is 0.655. The van der Waals surface area contributed by atoms with E-state index in [1.807, 2.05) is 18.2 Å². The number of halogens is 1. The van der Waals surface area contributed by atoms with Crippen molar-refractivity contribution in [1.82, 2.24) is 0 Å². The van der Waals surface area contributed by atoms with Crippen molar-refractivity contribution in [3.05, 3.63) is 40.8 Å². The topological polar surface area (TPSA) is 0 Å². The third-order valence-corrected chi connectivity index (χ3v) is 2.81. The first-order valence-electron chi connectivity index (χ1n) is 4.41. The van der Waals surface area contributed by atoms with Gasteiger partial charge >= 0.3 is 0 Å². The normalized spacial score (nSPS) is 11.7. The van der Waals surface area contributed by atoms with E-state index in [1.54, 1.807) is 11.8 Å². The van der Waals surface area contributed by atoms with Gasteiger partial charge in [-0.2, -0.15) is 0 Å². The standard InChI is InChI=1S/C11H13ClS/c1-2-3-9-11(12)13-10-7-5-4-6-8-10/h4-9H,2-3H2,1H3/b11-9-. The van der Waals surface area contributed by atoms with Crippen molar-refractivity contribution in [2.24, 2.45) is 0 Å². The lowest BCUT2D eigenvalue weighted by Crippen LogP contribution is -1.69. The predicted molar refractivity (Wildman–Crippen MR) is 61.1 cm³/mol. The lowest BCUT2D eigenvalue weighted by molar-refractivity contribution is 0.959. The van der Waals surface area contributed by atoms with Gasteiger partial charge in [-0.25, -0.2) is 0 Å². The summed E-state index contributed by atoms with van der Waals surface area (Å²) in [6.45, 7) is 2.15. The van der Waals surface area contributed by atoms with Gasteiger partial charge in [-0.05, 0) is 18.6 Å². The van der Waals surface area contributed by atoms with Crippen LogP contribution >= 0.6 is 23.4 Å². The molecule has 0 aliphatic rings. The summed E-state index contributed by atoms with van der Waals surface area (Å²) in [7, 11) is 0. The molecule has 0 unspecified atom stereocenters. The van der Waals surface area contributed by atoms with E-state index < -0.39 is 0 Å². The highest BCUT2D eigenvalue weighted by atomic mass is 35.5. The third-order valence-electron chi connectivity index (χ3n) is 1.55. The highest BCUT2D eigenvalue weighted by molar-refractivity contribution is 8.04. The molecule has 0 saturated heterocycles. The first-order valence-corrected chi connectivity index (χ1v) is 5.61. The summed E-state index contributed by atoms with van der Waals surface area (Å²) in [5, 5.41) is 0. The Morgan fingerprint density at radius 2 is 2.08 bits per heavy atom. The Balaban J connectivity index is 2.50. The first kappa shape index (κ1) is 10.7. The molecule has 0 spiro atoms. The number of allylic oxidation sites excluding steroid dienone is 1. The minimum Gasteiger partial charge on any atom is -0.0780 e. The van der Waals surface area contributed by atoms with Gasteiger partial charge in [0.15, 0.2) is 0 Å². The highest BCUT2D eigenvalue weighted by Crippen LogP contribution is 2.29. The zero-order valence-electron chi connectivity index (χ0n) is 7.66. The molecule has 13 heavy (non-hydrogen) atoms. The average Bonchev–Trinajstić information content (AvgIpc) is 2.16. The minimum atomic E-state index is 0.869. The molecule has 1 aromatic carbocycles. The van der Waals surface area contributed by atoms with Gasteiger partial charge in [0.2, 0.25) is 0 Å². The Bertz CT molecular complexity index is 267. The average molecular weight is 213 g/mol. The molecule has 0 N–H and O–H groups in total. The molecule has 2 heteroatoms. The van der Waals surface area contributed by atoms with E-state index in [0.717, 1.165) is 17.2 Å². The number of rotatable bonds is 4. The second kappa shape index (κ2) is 6.11. The molecule has 0 saturated carbocycles. The molecule has 1 aromatic rings. The summed E-state index contributed by atoms with van der Waals surface area (Å²) in [6.07, 6.45) is 4.27. The maximum Gasteiger partial charge on any atom is 0.0742 e. The molecule has 0 radical (unpaired) electrons. The van der Waals surface area contributed by atoms with E-state index in [2.05, 4.69) is 25.1 Å². The summed E-state index contributed by atoms with van der Waals surface area (Å²) < 4.78 is 0.869. The van der Waals surface area contributed by atoms with Crippen LogP contribution in [0.1, 0.15) is 19.8 Å². The largest absolute Gasteiger partial charge is 0.0780 e. The second-order valence-electron chi connectivity index (χ2n) is 2.71. The van der Waals surface area contributed by atoms with Crippen LogP contribution in [-0.4, -0.2) is 0 Å². The van der Waals surface area contributed by atoms with Crippen LogP contribution in [0.4, 0.5) is 0 Å². The fourth-order valence-corrected chi connectivity index (χ4v) is 2.00. The maximum absolute atomic E-state index is 6.02. The van der Waals surface area contributed by atoms with Crippen LogP contribution in [0.5, 0.6) is 0 Å². The molecule has 0 amide bonds. The van der Waals surface area contributed by atoms with Crippen LogP contribution in [0.2, 0.25) is 0 Å². The molecule has 0 aromatic heterocycles. The van der Waals surface area contributed by atoms with Gasteiger partial charge in [-0.1, -0.05) is 61.0 Å². The number of benzene rings is 1. The van der Waals surface area contributed by atoms with E-state index in [4.69, 9.17) is 11.6 Å². The van der Waals surface area contributed by atoms with Crippen LogP contribution in [-0.2, 0) is 0 Å². The SMILES string of the molecule is CCC/C=C(/Cl)Sc1ccccc1. The van der Waals surface area contributed by atoms with Gasteiger partial charge in [-0.3, -0.25) is 0 Å². The van der Waals surface area contributed by atoms with Crippen molar-refractivity contribution < 1.29 is 0 Å². The third kappa shape index (κ3) is 4.39. The van der Waals surface area contributed by atoms with Crippen LogP contribution in [0.15, 0.2) is 45.7 Å². The number of hydrogen-bond donors (Lipinski definition) is 0. The van der Waals surface area contributed by atoms with Gasteiger partial charge in [0.25, 0.3) is 0 Å². The van der Waals surface area contributed by atoms with E-state index >= 15 is 0 Å².